The van der Waals surface area contributed by atoms with Gasteiger partial charge in [-0.2, -0.15) is 0 Å². The Hall–Kier alpha value is -0.860. The van der Waals surface area contributed by atoms with Gasteiger partial charge in [-0.05, 0) is 5.41 Å². The van der Waals surface area contributed by atoms with Crippen molar-refractivity contribution in [3.8, 4) is 0 Å². The van der Waals surface area contributed by atoms with E-state index in [2.05, 4.69) is 4.74 Å². The smallest absolute Gasteiger partial charge is 0.316 e. The maximum atomic E-state index is 11.2. The van der Waals surface area contributed by atoms with E-state index in [1.807, 2.05) is 20.8 Å². The normalized spacial score (nSPS) is 13.8. The topological polar surface area (TPSA) is 43.4 Å². The van der Waals surface area contributed by atoms with Crippen LogP contribution in [0.3, 0.4) is 0 Å². The van der Waals surface area contributed by atoms with Crippen molar-refractivity contribution in [2.24, 2.45) is 11.3 Å². The molecule has 0 bridgehead atoms. The summed E-state index contributed by atoms with van der Waals surface area (Å²) in [5.41, 5.74) is -0.160. The van der Waals surface area contributed by atoms with Gasteiger partial charge in [0.1, 0.15) is 0 Å². The average molecular weight is 172 g/mol. The molecule has 70 valence electrons. The van der Waals surface area contributed by atoms with E-state index < -0.39 is 11.9 Å². The van der Waals surface area contributed by atoms with Gasteiger partial charge in [-0.15, -0.1) is 0 Å². The summed E-state index contributed by atoms with van der Waals surface area (Å²) in [6.45, 7) is 8.77. The first kappa shape index (κ1) is 11.1. The van der Waals surface area contributed by atoms with Crippen molar-refractivity contribution in [3.05, 3.63) is 0 Å². The van der Waals surface area contributed by atoms with E-state index in [4.69, 9.17) is 0 Å². The first-order valence-electron chi connectivity index (χ1n) is 3.97. The van der Waals surface area contributed by atoms with Gasteiger partial charge < -0.3 is 4.74 Å². The fraction of sp³-hybridized carbons (Fsp3) is 0.778. The van der Waals surface area contributed by atoms with Crippen LogP contribution in [0.2, 0.25) is 0 Å². The van der Waals surface area contributed by atoms with Crippen LogP contribution in [0.25, 0.3) is 0 Å². The number of esters is 2. The fourth-order valence-electron chi connectivity index (χ4n) is 0.584. The van der Waals surface area contributed by atoms with Gasteiger partial charge in [0.05, 0.1) is 5.92 Å². The molecule has 0 saturated heterocycles. The molecule has 0 aromatic heterocycles. The largest absolute Gasteiger partial charge is 0.393 e. The summed E-state index contributed by atoms with van der Waals surface area (Å²) in [5, 5.41) is 0. The molecule has 0 heterocycles. The Balaban J connectivity index is 4.21. The van der Waals surface area contributed by atoms with Crippen LogP contribution >= 0.6 is 0 Å². The zero-order valence-electron chi connectivity index (χ0n) is 8.30. The van der Waals surface area contributed by atoms with Crippen LogP contribution in [0, 0.1) is 11.3 Å². The molecule has 0 aliphatic heterocycles. The van der Waals surface area contributed by atoms with Crippen molar-refractivity contribution in [3.63, 3.8) is 0 Å². The Morgan fingerprint density at radius 1 is 1.25 bits per heavy atom. The molecule has 0 aromatic carbocycles. The lowest BCUT2D eigenvalue weighted by Gasteiger charge is -2.24. The zero-order valence-corrected chi connectivity index (χ0v) is 8.30. The highest BCUT2D eigenvalue weighted by Crippen LogP contribution is 2.26. The van der Waals surface area contributed by atoms with E-state index in [-0.39, 0.29) is 11.3 Å². The molecule has 3 nitrogen and oxygen atoms in total. The van der Waals surface area contributed by atoms with Gasteiger partial charge in [-0.3, -0.25) is 9.59 Å². The van der Waals surface area contributed by atoms with Gasteiger partial charge in [0.15, 0.2) is 0 Å². The monoisotopic (exact) mass is 172 g/mol. The highest BCUT2D eigenvalue weighted by atomic mass is 16.6. The minimum absolute atomic E-state index is 0.160. The van der Waals surface area contributed by atoms with E-state index in [0.717, 1.165) is 0 Å². The Labute approximate surface area is 73.1 Å². The van der Waals surface area contributed by atoms with Crippen LogP contribution in [0.5, 0.6) is 0 Å². The maximum Gasteiger partial charge on any atom is 0.316 e. The molecule has 0 aliphatic carbocycles. The molecule has 0 radical (unpaired) electrons. The van der Waals surface area contributed by atoms with Crippen molar-refractivity contribution in [2.75, 3.05) is 0 Å². The van der Waals surface area contributed by atoms with Gasteiger partial charge in [-0.25, -0.2) is 0 Å². The van der Waals surface area contributed by atoms with Gasteiger partial charge in [0.2, 0.25) is 0 Å². The number of hydrogen-bond acceptors (Lipinski definition) is 3. The van der Waals surface area contributed by atoms with Gasteiger partial charge in [-0.1, -0.05) is 27.7 Å². The molecule has 0 amide bonds. The number of rotatable bonds is 1. The Morgan fingerprint density at radius 3 is 1.92 bits per heavy atom. The maximum absolute atomic E-state index is 11.2. The predicted molar refractivity (Wildman–Crippen MR) is 45.4 cm³/mol. The third kappa shape index (κ3) is 3.51. The zero-order chi connectivity index (χ0) is 9.94. The quantitative estimate of drug-likeness (QED) is 0.447. The summed E-state index contributed by atoms with van der Waals surface area (Å²) >= 11 is 0. The van der Waals surface area contributed by atoms with Gasteiger partial charge >= 0.3 is 11.9 Å². The Bertz CT molecular complexity index is 188. The van der Waals surface area contributed by atoms with E-state index in [9.17, 15) is 9.59 Å². The third-order valence-electron chi connectivity index (χ3n) is 1.90. The molecule has 0 saturated carbocycles. The van der Waals surface area contributed by atoms with Crippen LogP contribution in [-0.4, -0.2) is 11.9 Å². The van der Waals surface area contributed by atoms with Crippen LogP contribution in [-0.2, 0) is 14.3 Å². The predicted octanol–water partition coefficient (Wildman–Crippen LogP) is 1.76. The van der Waals surface area contributed by atoms with Crippen LogP contribution in [0.15, 0.2) is 0 Å². The number of hydrogen-bond donors (Lipinski definition) is 0. The fourth-order valence-corrected chi connectivity index (χ4v) is 0.584. The third-order valence-corrected chi connectivity index (χ3v) is 1.90. The summed E-state index contributed by atoms with van der Waals surface area (Å²) in [4.78, 5) is 21.6. The molecular weight excluding hydrogens is 156 g/mol. The summed E-state index contributed by atoms with van der Waals surface area (Å²) < 4.78 is 4.46. The van der Waals surface area contributed by atoms with Crippen molar-refractivity contribution < 1.29 is 14.3 Å². The Morgan fingerprint density at radius 2 is 1.67 bits per heavy atom. The minimum Gasteiger partial charge on any atom is -0.393 e. The second-order valence-electron chi connectivity index (χ2n) is 4.00. The molecule has 3 heteroatoms. The molecule has 0 rings (SSSR count). The summed E-state index contributed by atoms with van der Waals surface area (Å²) in [5.74, 6) is -1.26. The summed E-state index contributed by atoms with van der Waals surface area (Å²) in [6, 6.07) is 0. The van der Waals surface area contributed by atoms with E-state index in [0.29, 0.717) is 0 Å². The number of carbonyl (C=O) groups excluding carboxylic acids is 2. The summed E-state index contributed by atoms with van der Waals surface area (Å²) in [6.07, 6.45) is 0. The lowest BCUT2D eigenvalue weighted by atomic mass is 9.82. The van der Waals surface area contributed by atoms with Crippen LogP contribution < -0.4 is 0 Å². The van der Waals surface area contributed by atoms with E-state index >= 15 is 0 Å². The van der Waals surface area contributed by atoms with Crippen molar-refractivity contribution in [2.45, 2.75) is 34.6 Å². The number of ether oxygens (including phenoxy) is 1. The van der Waals surface area contributed by atoms with Gasteiger partial charge in [0, 0.05) is 6.92 Å². The first-order chi connectivity index (χ1) is 5.25. The highest BCUT2D eigenvalue weighted by molar-refractivity contribution is 5.85. The SMILES string of the molecule is CC(=O)OC(=O)C(C)C(C)(C)C. The molecule has 1 atom stereocenters. The minimum atomic E-state index is -0.545. The molecule has 0 spiro atoms. The molecule has 0 aromatic rings. The molecule has 0 aliphatic rings. The molecule has 1 unspecified atom stereocenters. The second kappa shape index (κ2) is 3.70. The van der Waals surface area contributed by atoms with E-state index in [1.165, 1.54) is 6.92 Å². The molecule has 0 N–H and O–H groups in total. The lowest BCUT2D eigenvalue weighted by Crippen LogP contribution is -2.28. The first-order valence-corrected chi connectivity index (χ1v) is 3.97. The Kier molecular flexibility index (Phi) is 3.43. The van der Waals surface area contributed by atoms with Gasteiger partial charge in [0.25, 0.3) is 0 Å². The summed E-state index contributed by atoms with van der Waals surface area (Å²) in [7, 11) is 0. The van der Waals surface area contributed by atoms with Crippen molar-refractivity contribution in [1.29, 1.82) is 0 Å². The number of carbonyl (C=O) groups is 2. The van der Waals surface area contributed by atoms with E-state index in [1.54, 1.807) is 6.92 Å². The molecular formula is C9H16O3. The van der Waals surface area contributed by atoms with Crippen molar-refractivity contribution in [1.82, 2.24) is 0 Å². The van der Waals surface area contributed by atoms with Crippen LogP contribution in [0.4, 0.5) is 0 Å². The standard InChI is InChI=1S/C9H16O3/c1-6(9(3,4)5)8(11)12-7(2)10/h6H,1-5H3. The lowest BCUT2D eigenvalue weighted by molar-refractivity contribution is -0.163. The molecule has 12 heavy (non-hydrogen) atoms. The van der Waals surface area contributed by atoms with Crippen LogP contribution in [0.1, 0.15) is 34.6 Å². The average Bonchev–Trinajstić information content (AvgIpc) is 1.82. The highest BCUT2D eigenvalue weighted by Gasteiger charge is 2.28. The van der Waals surface area contributed by atoms with Crippen molar-refractivity contribution >= 4 is 11.9 Å². The molecule has 0 fully saturated rings. The second-order valence-corrected chi connectivity index (χ2v) is 4.00.